The molecule has 0 unspecified atom stereocenters. The van der Waals surface area contributed by atoms with Crippen molar-refractivity contribution in [2.45, 2.75) is 24.9 Å². The second-order valence-corrected chi connectivity index (χ2v) is 3.99. The first-order valence-electron chi connectivity index (χ1n) is 5.44. The molecule has 4 nitrogen and oxygen atoms in total. The molecule has 3 atom stereocenters. The van der Waals surface area contributed by atoms with E-state index in [4.69, 9.17) is 4.74 Å². The Labute approximate surface area is 98.4 Å². The summed E-state index contributed by atoms with van der Waals surface area (Å²) in [6.45, 7) is 0.105. The molecule has 0 bridgehead atoms. The number of aliphatic hydroxyl groups is 1. The number of hydrogen-bond donors (Lipinski definition) is 2. The fourth-order valence-electron chi connectivity index (χ4n) is 1.73. The Hall–Kier alpha value is -1.46. The molecule has 0 aliphatic carbocycles. The van der Waals surface area contributed by atoms with Gasteiger partial charge >= 0.3 is 5.97 Å². The number of rotatable bonds is 3. The highest BCUT2D eigenvalue weighted by molar-refractivity contribution is 5.77. The van der Waals surface area contributed by atoms with Crippen molar-refractivity contribution in [1.82, 2.24) is 5.32 Å². The second kappa shape index (κ2) is 5.25. The molecule has 5 heteroatoms. The third kappa shape index (κ3) is 2.81. The molecule has 1 fully saturated rings. The Morgan fingerprint density at radius 1 is 1.47 bits per heavy atom. The predicted molar refractivity (Wildman–Crippen MR) is 58.9 cm³/mol. The van der Waals surface area contributed by atoms with Crippen molar-refractivity contribution in [2.75, 3.05) is 6.54 Å². The van der Waals surface area contributed by atoms with Crippen LogP contribution in [0, 0.1) is 0 Å². The van der Waals surface area contributed by atoms with Crippen LogP contribution in [0.5, 0.6) is 0 Å². The molecule has 1 aromatic carbocycles. The summed E-state index contributed by atoms with van der Waals surface area (Å²) >= 11 is 0. The summed E-state index contributed by atoms with van der Waals surface area (Å²) in [6.07, 6.45) is -2.73. The molecule has 2 rings (SSSR count). The Morgan fingerprint density at radius 3 is 2.76 bits per heavy atom. The number of nitrogens with one attached hydrogen (secondary N) is 1. The lowest BCUT2D eigenvalue weighted by Gasteiger charge is -2.14. The van der Waals surface area contributed by atoms with Crippen LogP contribution in [0.15, 0.2) is 30.3 Å². The Morgan fingerprint density at radius 2 is 2.18 bits per heavy atom. The summed E-state index contributed by atoms with van der Waals surface area (Å²) in [5.41, 5.74) is 0.852. The van der Waals surface area contributed by atoms with E-state index in [1.165, 1.54) is 0 Å². The zero-order valence-corrected chi connectivity index (χ0v) is 9.17. The van der Waals surface area contributed by atoms with Crippen LogP contribution in [0.3, 0.4) is 0 Å². The zero-order chi connectivity index (χ0) is 12.3. The number of alkyl halides is 1. The van der Waals surface area contributed by atoms with Crippen LogP contribution in [0.2, 0.25) is 0 Å². The third-order valence-corrected chi connectivity index (χ3v) is 2.72. The van der Waals surface area contributed by atoms with Gasteiger partial charge in [0.1, 0.15) is 24.9 Å². The second-order valence-electron chi connectivity index (χ2n) is 3.99. The molecule has 0 aromatic heterocycles. The molecular formula is C12H14FNO3. The number of esters is 1. The monoisotopic (exact) mass is 239 g/mol. The van der Waals surface area contributed by atoms with E-state index in [9.17, 15) is 14.3 Å². The maximum atomic E-state index is 13.0. The van der Waals surface area contributed by atoms with E-state index in [1.54, 1.807) is 0 Å². The average molecular weight is 239 g/mol. The van der Waals surface area contributed by atoms with E-state index in [0.29, 0.717) is 0 Å². The van der Waals surface area contributed by atoms with Crippen LogP contribution in [0.1, 0.15) is 5.56 Å². The van der Waals surface area contributed by atoms with E-state index in [-0.39, 0.29) is 13.2 Å². The number of ether oxygens (including phenoxy) is 1. The third-order valence-electron chi connectivity index (χ3n) is 2.72. The SMILES string of the molecule is O=C(OCc1ccccc1)[C@H]1NC[C@H](F)[C@H]1O. The number of aliphatic hydroxyl groups excluding tert-OH is 1. The minimum Gasteiger partial charge on any atom is -0.460 e. The van der Waals surface area contributed by atoms with Crippen molar-refractivity contribution >= 4 is 5.97 Å². The first-order chi connectivity index (χ1) is 8.18. The highest BCUT2D eigenvalue weighted by atomic mass is 19.1. The fourth-order valence-corrected chi connectivity index (χ4v) is 1.73. The molecule has 2 N–H and O–H groups in total. The predicted octanol–water partition coefficient (Wildman–Crippen LogP) is 0.401. The van der Waals surface area contributed by atoms with Gasteiger partial charge in [0.05, 0.1) is 0 Å². The van der Waals surface area contributed by atoms with Crippen molar-refractivity contribution in [3.63, 3.8) is 0 Å². The van der Waals surface area contributed by atoms with Gasteiger partial charge in [0.15, 0.2) is 0 Å². The summed E-state index contributed by atoms with van der Waals surface area (Å²) in [5, 5.41) is 12.0. The van der Waals surface area contributed by atoms with Gasteiger partial charge in [0.25, 0.3) is 0 Å². The Kier molecular flexibility index (Phi) is 3.71. The number of hydrogen-bond acceptors (Lipinski definition) is 4. The summed E-state index contributed by atoms with van der Waals surface area (Å²) in [5.74, 6) is -0.624. The number of halogens is 1. The van der Waals surface area contributed by atoms with Crippen LogP contribution in [-0.2, 0) is 16.1 Å². The lowest BCUT2D eigenvalue weighted by Crippen LogP contribution is -2.40. The van der Waals surface area contributed by atoms with E-state index in [1.807, 2.05) is 30.3 Å². The summed E-state index contributed by atoms with van der Waals surface area (Å²) in [7, 11) is 0. The molecule has 0 amide bonds. The maximum absolute atomic E-state index is 13.0. The topological polar surface area (TPSA) is 58.6 Å². The van der Waals surface area contributed by atoms with E-state index in [2.05, 4.69) is 5.32 Å². The minimum absolute atomic E-state index is 0.0216. The van der Waals surface area contributed by atoms with Crippen molar-refractivity contribution in [3.05, 3.63) is 35.9 Å². The van der Waals surface area contributed by atoms with Crippen LogP contribution in [0.4, 0.5) is 4.39 Å². The Balaban J connectivity index is 1.86. The highest BCUT2D eigenvalue weighted by Gasteiger charge is 2.40. The van der Waals surface area contributed by atoms with Gasteiger partial charge < -0.3 is 9.84 Å². The molecule has 0 radical (unpaired) electrons. The molecule has 1 heterocycles. The molecule has 1 aliphatic heterocycles. The molecule has 1 saturated heterocycles. The zero-order valence-electron chi connectivity index (χ0n) is 9.17. The van der Waals surface area contributed by atoms with Crippen LogP contribution >= 0.6 is 0 Å². The molecular weight excluding hydrogens is 225 g/mol. The van der Waals surface area contributed by atoms with E-state index >= 15 is 0 Å². The lowest BCUT2D eigenvalue weighted by molar-refractivity contribution is -0.149. The molecule has 92 valence electrons. The first kappa shape index (κ1) is 12.0. The van der Waals surface area contributed by atoms with Crippen molar-refractivity contribution < 1.29 is 19.0 Å². The molecule has 1 aromatic rings. The number of benzene rings is 1. The van der Waals surface area contributed by atoms with Gasteiger partial charge in [-0.05, 0) is 5.56 Å². The van der Waals surface area contributed by atoms with Crippen molar-refractivity contribution in [2.24, 2.45) is 0 Å². The van der Waals surface area contributed by atoms with Gasteiger partial charge in [-0.15, -0.1) is 0 Å². The van der Waals surface area contributed by atoms with Crippen molar-refractivity contribution in [3.8, 4) is 0 Å². The van der Waals surface area contributed by atoms with Gasteiger partial charge in [-0.25, -0.2) is 4.39 Å². The average Bonchev–Trinajstić information content (AvgIpc) is 2.69. The smallest absolute Gasteiger partial charge is 0.326 e. The van der Waals surface area contributed by atoms with Crippen LogP contribution in [-0.4, -0.2) is 35.9 Å². The van der Waals surface area contributed by atoms with Gasteiger partial charge in [0, 0.05) is 6.54 Å². The highest BCUT2D eigenvalue weighted by Crippen LogP contribution is 2.13. The minimum atomic E-state index is -1.41. The van der Waals surface area contributed by atoms with Gasteiger partial charge in [-0.2, -0.15) is 0 Å². The summed E-state index contributed by atoms with van der Waals surface area (Å²) < 4.78 is 18.0. The molecule has 0 spiro atoms. The van der Waals surface area contributed by atoms with Gasteiger partial charge in [-0.3, -0.25) is 10.1 Å². The van der Waals surface area contributed by atoms with Crippen molar-refractivity contribution in [1.29, 1.82) is 0 Å². The molecule has 0 saturated carbocycles. The molecule has 17 heavy (non-hydrogen) atoms. The van der Waals surface area contributed by atoms with E-state index < -0.39 is 24.3 Å². The van der Waals surface area contributed by atoms with E-state index in [0.717, 1.165) is 5.56 Å². The summed E-state index contributed by atoms with van der Waals surface area (Å²) in [6, 6.07) is 8.22. The van der Waals surface area contributed by atoms with Gasteiger partial charge in [-0.1, -0.05) is 30.3 Å². The summed E-state index contributed by atoms with van der Waals surface area (Å²) in [4.78, 5) is 11.6. The molecule has 1 aliphatic rings. The maximum Gasteiger partial charge on any atom is 0.326 e. The van der Waals surface area contributed by atoms with Crippen LogP contribution in [0.25, 0.3) is 0 Å². The van der Waals surface area contributed by atoms with Gasteiger partial charge in [0.2, 0.25) is 0 Å². The first-order valence-corrected chi connectivity index (χ1v) is 5.44. The number of carbonyl (C=O) groups excluding carboxylic acids is 1. The standard InChI is InChI=1S/C12H14FNO3/c13-9-6-14-10(11(9)15)12(16)17-7-8-4-2-1-3-5-8/h1-5,9-11,14-15H,6-7H2/t9-,10-,11+/m0/s1. The quantitative estimate of drug-likeness (QED) is 0.750. The largest absolute Gasteiger partial charge is 0.460 e. The fraction of sp³-hybridized carbons (Fsp3) is 0.417. The Bertz CT molecular complexity index is 385. The van der Waals surface area contributed by atoms with Crippen LogP contribution < -0.4 is 5.32 Å². The number of carbonyl (C=O) groups is 1. The lowest BCUT2D eigenvalue weighted by atomic mass is 10.1. The normalized spacial score (nSPS) is 28.0.